The second-order valence-electron chi connectivity index (χ2n) is 4.90. The van der Waals surface area contributed by atoms with Crippen LogP contribution in [0, 0.1) is 6.92 Å². The zero-order chi connectivity index (χ0) is 13.1. The van der Waals surface area contributed by atoms with Crippen LogP contribution in [0.5, 0.6) is 0 Å². The van der Waals surface area contributed by atoms with Crippen LogP contribution < -0.4 is 5.32 Å². The average Bonchev–Trinajstić information content (AvgIpc) is 2.87. The summed E-state index contributed by atoms with van der Waals surface area (Å²) >= 11 is 1.88. The molecule has 3 nitrogen and oxygen atoms in total. The topological polar surface area (TPSA) is 29.9 Å². The Morgan fingerprint density at radius 3 is 2.72 bits per heavy atom. The summed E-state index contributed by atoms with van der Waals surface area (Å²) in [6.07, 6.45) is 4.91. The molecular formula is C14H21N3S. The van der Waals surface area contributed by atoms with E-state index in [4.69, 9.17) is 0 Å². The summed E-state index contributed by atoms with van der Waals surface area (Å²) in [4.78, 5) is 7.21. The van der Waals surface area contributed by atoms with Gasteiger partial charge in [-0.05, 0) is 39.3 Å². The molecule has 2 unspecified atom stereocenters. The van der Waals surface area contributed by atoms with E-state index in [0.29, 0.717) is 6.04 Å². The molecule has 0 aliphatic heterocycles. The summed E-state index contributed by atoms with van der Waals surface area (Å²) in [5.74, 6) is 1.09. The molecule has 0 radical (unpaired) electrons. The molecule has 0 saturated carbocycles. The standard InChI is InChI=1S/C14H21N3S/c1-10(9-13-6-5-11(2)18-13)16-12(3)14-15-7-8-17(14)4/h5-8,10,12,16H,9H2,1-4H3. The molecule has 0 aliphatic rings. The Morgan fingerprint density at radius 1 is 1.39 bits per heavy atom. The number of imidazole rings is 1. The van der Waals surface area contributed by atoms with Crippen LogP contribution in [0.3, 0.4) is 0 Å². The SMILES string of the molecule is Cc1ccc(CC(C)NC(C)c2nccn2C)s1. The van der Waals surface area contributed by atoms with Crippen LogP contribution in [0.25, 0.3) is 0 Å². The highest BCUT2D eigenvalue weighted by Crippen LogP contribution is 2.18. The highest BCUT2D eigenvalue weighted by atomic mass is 32.1. The van der Waals surface area contributed by atoms with Gasteiger partial charge in [0.1, 0.15) is 5.82 Å². The molecular weight excluding hydrogens is 242 g/mol. The highest BCUT2D eigenvalue weighted by Gasteiger charge is 2.13. The maximum Gasteiger partial charge on any atom is 0.125 e. The normalized spacial score (nSPS) is 14.7. The number of rotatable bonds is 5. The molecule has 98 valence electrons. The van der Waals surface area contributed by atoms with Crippen LogP contribution >= 0.6 is 11.3 Å². The molecule has 0 aromatic carbocycles. The van der Waals surface area contributed by atoms with E-state index < -0.39 is 0 Å². The van der Waals surface area contributed by atoms with Gasteiger partial charge in [-0.25, -0.2) is 4.98 Å². The van der Waals surface area contributed by atoms with Gasteiger partial charge in [0, 0.05) is 35.2 Å². The quantitative estimate of drug-likeness (QED) is 0.898. The zero-order valence-electron chi connectivity index (χ0n) is 11.5. The van der Waals surface area contributed by atoms with Crippen molar-refractivity contribution in [3.63, 3.8) is 0 Å². The van der Waals surface area contributed by atoms with Crippen LogP contribution in [-0.2, 0) is 13.5 Å². The van der Waals surface area contributed by atoms with Crippen LogP contribution in [0.4, 0.5) is 0 Å². The zero-order valence-corrected chi connectivity index (χ0v) is 12.3. The van der Waals surface area contributed by atoms with Crippen LogP contribution in [0.2, 0.25) is 0 Å². The second kappa shape index (κ2) is 5.67. The van der Waals surface area contributed by atoms with Crippen LogP contribution in [0.1, 0.15) is 35.5 Å². The lowest BCUT2D eigenvalue weighted by molar-refractivity contribution is 0.455. The molecule has 2 heterocycles. The molecule has 0 bridgehead atoms. The Bertz CT molecular complexity index is 501. The fourth-order valence-corrected chi connectivity index (χ4v) is 3.27. The van der Waals surface area contributed by atoms with Crippen molar-refractivity contribution in [1.29, 1.82) is 0 Å². The minimum Gasteiger partial charge on any atom is -0.337 e. The molecule has 0 aliphatic carbocycles. The van der Waals surface area contributed by atoms with Crippen molar-refractivity contribution in [3.05, 3.63) is 40.1 Å². The molecule has 0 saturated heterocycles. The van der Waals surface area contributed by atoms with Gasteiger partial charge in [-0.3, -0.25) is 0 Å². The first kappa shape index (κ1) is 13.3. The van der Waals surface area contributed by atoms with Gasteiger partial charge in [0.05, 0.1) is 6.04 Å². The first-order valence-electron chi connectivity index (χ1n) is 6.35. The first-order chi connectivity index (χ1) is 8.56. The predicted octanol–water partition coefficient (Wildman–Crippen LogP) is 3.07. The summed E-state index contributed by atoms with van der Waals surface area (Å²) in [5.41, 5.74) is 0. The van der Waals surface area contributed by atoms with E-state index in [-0.39, 0.29) is 6.04 Å². The molecule has 18 heavy (non-hydrogen) atoms. The lowest BCUT2D eigenvalue weighted by atomic mass is 10.2. The number of aryl methyl sites for hydroxylation is 2. The third kappa shape index (κ3) is 3.21. The predicted molar refractivity (Wildman–Crippen MR) is 77.0 cm³/mol. The second-order valence-corrected chi connectivity index (χ2v) is 6.27. The Labute approximate surface area is 113 Å². The molecule has 0 fully saturated rings. The molecule has 2 aromatic heterocycles. The monoisotopic (exact) mass is 263 g/mol. The van der Waals surface area contributed by atoms with Gasteiger partial charge in [0.2, 0.25) is 0 Å². The Morgan fingerprint density at radius 2 is 2.17 bits per heavy atom. The van der Waals surface area contributed by atoms with Gasteiger partial charge in [0.15, 0.2) is 0 Å². The summed E-state index contributed by atoms with van der Waals surface area (Å²) < 4.78 is 2.07. The lowest BCUT2D eigenvalue weighted by Crippen LogP contribution is -2.31. The summed E-state index contributed by atoms with van der Waals surface area (Å²) in [7, 11) is 2.04. The maximum atomic E-state index is 4.38. The fourth-order valence-electron chi connectivity index (χ4n) is 2.25. The van der Waals surface area contributed by atoms with Crippen LogP contribution in [-0.4, -0.2) is 15.6 Å². The summed E-state index contributed by atoms with van der Waals surface area (Å²) in [6, 6.07) is 5.15. The highest BCUT2D eigenvalue weighted by molar-refractivity contribution is 7.11. The minimum atomic E-state index is 0.279. The molecule has 1 N–H and O–H groups in total. The fraction of sp³-hybridized carbons (Fsp3) is 0.500. The lowest BCUT2D eigenvalue weighted by Gasteiger charge is -2.19. The molecule has 2 atom stereocenters. The molecule has 0 spiro atoms. The number of hydrogen-bond donors (Lipinski definition) is 1. The van der Waals surface area contributed by atoms with Gasteiger partial charge in [-0.15, -0.1) is 11.3 Å². The smallest absolute Gasteiger partial charge is 0.125 e. The van der Waals surface area contributed by atoms with Crippen LogP contribution in [0.15, 0.2) is 24.5 Å². The van der Waals surface area contributed by atoms with E-state index >= 15 is 0 Å². The summed E-state index contributed by atoms with van der Waals surface area (Å²) in [6.45, 7) is 6.55. The van der Waals surface area contributed by atoms with E-state index in [2.05, 4.69) is 47.8 Å². The maximum absolute atomic E-state index is 4.38. The van der Waals surface area contributed by atoms with Crippen molar-refractivity contribution in [3.8, 4) is 0 Å². The van der Waals surface area contributed by atoms with Gasteiger partial charge in [0.25, 0.3) is 0 Å². The number of nitrogens with zero attached hydrogens (tertiary/aromatic N) is 2. The van der Waals surface area contributed by atoms with Gasteiger partial charge >= 0.3 is 0 Å². The van der Waals surface area contributed by atoms with Gasteiger partial charge in [-0.1, -0.05) is 0 Å². The van der Waals surface area contributed by atoms with Crippen molar-refractivity contribution >= 4 is 11.3 Å². The number of aromatic nitrogens is 2. The average molecular weight is 263 g/mol. The third-order valence-electron chi connectivity index (χ3n) is 3.08. The van der Waals surface area contributed by atoms with Crippen molar-refractivity contribution in [2.45, 2.75) is 39.3 Å². The van der Waals surface area contributed by atoms with E-state index in [1.807, 2.05) is 30.8 Å². The number of thiophene rings is 1. The van der Waals surface area contributed by atoms with E-state index in [0.717, 1.165) is 12.2 Å². The first-order valence-corrected chi connectivity index (χ1v) is 7.16. The van der Waals surface area contributed by atoms with Crippen molar-refractivity contribution in [2.24, 2.45) is 7.05 Å². The van der Waals surface area contributed by atoms with Crippen molar-refractivity contribution < 1.29 is 0 Å². The van der Waals surface area contributed by atoms with E-state index in [1.165, 1.54) is 9.75 Å². The minimum absolute atomic E-state index is 0.279. The Kier molecular flexibility index (Phi) is 4.19. The Hall–Kier alpha value is -1.13. The molecule has 4 heteroatoms. The van der Waals surface area contributed by atoms with Crippen molar-refractivity contribution in [1.82, 2.24) is 14.9 Å². The Balaban J connectivity index is 1.91. The largest absolute Gasteiger partial charge is 0.337 e. The molecule has 2 aromatic rings. The van der Waals surface area contributed by atoms with E-state index in [9.17, 15) is 0 Å². The van der Waals surface area contributed by atoms with E-state index in [1.54, 1.807) is 0 Å². The third-order valence-corrected chi connectivity index (χ3v) is 4.11. The number of hydrogen-bond acceptors (Lipinski definition) is 3. The molecule has 2 rings (SSSR count). The van der Waals surface area contributed by atoms with Crippen molar-refractivity contribution in [2.75, 3.05) is 0 Å². The molecule has 0 amide bonds. The van der Waals surface area contributed by atoms with Gasteiger partial charge in [-0.2, -0.15) is 0 Å². The van der Waals surface area contributed by atoms with Gasteiger partial charge < -0.3 is 9.88 Å². The number of nitrogens with one attached hydrogen (secondary N) is 1. The summed E-state index contributed by atoms with van der Waals surface area (Å²) in [5, 5.41) is 3.60.